The van der Waals surface area contributed by atoms with Crippen LogP contribution < -0.4 is 34.9 Å². The van der Waals surface area contributed by atoms with E-state index >= 15 is 0 Å². The molecule has 0 atom stereocenters. The third kappa shape index (κ3) is 8.72. The predicted molar refractivity (Wildman–Crippen MR) is 205 cm³/mol. The van der Waals surface area contributed by atoms with E-state index < -0.39 is 25.9 Å². The van der Waals surface area contributed by atoms with Gasteiger partial charge in [-0.2, -0.15) is 4.98 Å². The van der Waals surface area contributed by atoms with Crippen molar-refractivity contribution in [3.63, 3.8) is 0 Å². The average Bonchev–Trinajstić information content (AvgIpc) is 3.95. The monoisotopic (exact) mass is 760 g/mol. The summed E-state index contributed by atoms with van der Waals surface area (Å²) in [6.45, 7) is 5.91. The van der Waals surface area contributed by atoms with Gasteiger partial charge in [0.15, 0.2) is 15.6 Å². The standard InChI is InChI=1S/C37H40N6O8S2/c1-37(2,3)22-17-30(34(50-5)31(18-22)43-52(6,45)46)41-36(44)40-29-13-14-32(28-10-8-7-9-27(28)29)51-33-15-16-38-35(42-33)39-23-19-24(49-4)21-26(20-23)53(47,48)25-11-12-25/h7-10,13-21,25,43H,11-12H2,1-6H3,(H,38,39,42)(H2,40,41,44). The topological polar surface area (TPSA) is 187 Å². The summed E-state index contributed by atoms with van der Waals surface area (Å²) in [6, 6.07) is 19.8. The van der Waals surface area contributed by atoms with Crippen LogP contribution in [-0.2, 0) is 25.3 Å². The number of urea groups is 1. The summed E-state index contributed by atoms with van der Waals surface area (Å²) in [6.07, 6.45) is 3.82. The van der Waals surface area contributed by atoms with Crippen LogP contribution in [0.1, 0.15) is 39.2 Å². The molecule has 278 valence electrons. The number of amides is 2. The molecule has 2 amide bonds. The van der Waals surface area contributed by atoms with Crippen LogP contribution in [0.4, 0.5) is 33.5 Å². The molecule has 1 heterocycles. The molecule has 14 nitrogen and oxygen atoms in total. The van der Waals surface area contributed by atoms with Gasteiger partial charge in [-0.3, -0.25) is 4.72 Å². The molecule has 53 heavy (non-hydrogen) atoms. The molecule has 1 aromatic heterocycles. The minimum atomic E-state index is -3.65. The van der Waals surface area contributed by atoms with Gasteiger partial charge in [-0.05, 0) is 60.2 Å². The maximum atomic E-state index is 13.5. The fourth-order valence-electron chi connectivity index (χ4n) is 5.59. The van der Waals surface area contributed by atoms with E-state index in [4.69, 9.17) is 14.2 Å². The lowest BCUT2D eigenvalue weighted by Gasteiger charge is -2.24. The van der Waals surface area contributed by atoms with E-state index in [0.717, 1.165) is 11.8 Å². The van der Waals surface area contributed by atoms with Gasteiger partial charge in [-0.1, -0.05) is 45.0 Å². The van der Waals surface area contributed by atoms with Crippen molar-refractivity contribution in [1.82, 2.24) is 9.97 Å². The van der Waals surface area contributed by atoms with Gasteiger partial charge in [0.1, 0.15) is 11.5 Å². The molecule has 4 N–H and O–H groups in total. The minimum Gasteiger partial charge on any atom is -0.497 e. The van der Waals surface area contributed by atoms with Gasteiger partial charge in [-0.15, -0.1) is 0 Å². The van der Waals surface area contributed by atoms with Crippen LogP contribution in [-0.4, -0.2) is 58.6 Å². The largest absolute Gasteiger partial charge is 0.497 e. The number of hydrogen-bond acceptors (Lipinski definition) is 11. The first-order chi connectivity index (χ1) is 25.0. The fourth-order valence-corrected chi connectivity index (χ4v) is 7.86. The van der Waals surface area contributed by atoms with Crippen molar-refractivity contribution in [2.24, 2.45) is 0 Å². The maximum absolute atomic E-state index is 13.5. The molecule has 0 unspecified atom stereocenters. The van der Waals surface area contributed by atoms with Crippen molar-refractivity contribution in [3.8, 4) is 23.1 Å². The number of carbonyl (C=O) groups is 1. The third-order valence-electron chi connectivity index (χ3n) is 8.34. The van der Waals surface area contributed by atoms with Crippen LogP contribution in [0.2, 0.25) is 0 Å². The number of sulfone groups is 1. The smallest absolute Gasteiger partial charge is 0.323 e. The molecule has 6 rings (SSSR count). The Hall–Kier alpha value is -5.61. The SMILES string of the molecule is COc1cc(Nc2nccc(Oc3ccc(NC(=O)Nc4cc(C(C)(C)C)cc(NS(C)(=O)=O)c4OC)c4ccccc34)n2)cc(S(=O)(=O)C2CC2)c1. The zero-order valence-electron chi connectivity index (χ0n) is 30.0. The normalized spacial score (nSPS) is 13.2. The number of hydrogen-bond donors (Lipinski definition) is 4. The van der Waals surface area contributed by atoms with E-state index in [-0.39, 0.29) is 44.5 Å². The number of carbonyl (C=O) groups excluding carboxylic acids is 1. The molecular weight excluding hydrogens is 721 g/mol. The van der Waals surface area contributed by atoms with E-state index in [0.29, 0.717) is 46.5 Å². The average molecular weight is 761 g/mol. The summed E-state index contributed by atoms with van der Waals surface area (Å²) in [4.78, 5) is 22.4. The number of ether oxygens (including phenoxy) is 3. The Morgan fingerprint density at radius 2 is 1.53 bits per heavy atom. The zero-order chi connectivity index (χ0) is 38.1. The number of aromatic nitrogens is 2. The van der Waals surface area contributed by atoms with E-state index in [2.05, 4.69) is 30.6 Å². The van der Waals surface area contributed by atoms with E-state index in [1.807, 2.05) is 45.0 Å². The van der Waals surface area contributed by atoms with Crippen molar-refractivity contribution in [3.05, 3.63) is 84.6 Å². The van der Waals surface area contributed by atoms with Crippen LogP contribution in [0.3, 0.4) is 0 Å². The van der Waals surface area contributed by atoms with Crippen molar-refractivity contribution >= 4 is 65.4 Å². The molecule has 0 spiro atoms. The van der Waals surface area contributed by atoms with Gasteiger partial charge in [0.05, 0.1) is 47.7 Å². The second-order valence-corrected chi connectivity index (χ2v) is 17.5. The van der Waals surface area contributed by atoms with Crippen molar-refractivity contribution < 1.29 is 35.8 Å². The summed E-state index contributed by atoms with van der Waals surface area (Å²) >= 11 is 0. The van der Waals surface area contributed by atoms with Gasteiger partial charge < -0.3 is 30.2 Å². The molecule has 1 aliphatic rings. The summed E-state index contributed by atoms with van der Waals surface area (Å²) in [7, 11) is -4.26. The number of methoxy groups -OCH3 is 2. The van der Waals surface area contributed by atoms with Crippen LogP contribution in [0.15, 0.2) is 83.9 Å². The molecule has 0 radical (unpaired) electrons. The van der Waals surface area contributed by atoms with Gasteiger partial charge in [0.2, 0.25) is 21.9 Å². The molecule has 1 aliphatic carbocycles. The first-order valence-corrected chi connectivity index (χ1v) is 20.0. The summed E-state index contributed by atoms with van der Waals surface area (Å²) in [5, 5.41) is 9.72. The Kier molecular flexibility index (Phi) is 10.1. The molecule has 4 aromatic carbocycles. The summed E-state index contributed by atoms with van der Waals surface area (Å²) in [5.41, 5.74) is 1.77. The number of rotatable bonds is 12. The highest BCUT2D eigenvalue weighted by molar-refractivity contribution is 7.92. The lowest BCUT2D eigenvalue weighted by atomic mass is 9.86. The Bertz CT molecular complexity index is 2430. The minimum absolute atomic E-state index is 0.154. The zero-order valence-corrected chi connectivity index (χ0v) is 31.6. The van der Waals surface area contributed by atoms with Crippen molar-refractivity contribution in [2.45, 2.75) is 49.2 Å². The number of nitrogens with one attached hydrogen (secondary N) is 4. The number of benzene rings is 4. The van der Waals surface area contributed by atoms with Gasteiger partial charge >= 0.3 is 6.03 Å². The van der Waals surface area contributed by atoms with Gasteiger partial charge in [0, 0.05) is 34.8 Å². The molecule has 0 bridgehead atoms. The molecule has 16 heteroatoms. The summed E-state index contributed by atoms with van der Waals surface area (Å²) < 4.78 is 69.7. The number of nitrogens with zero attached hydrogens (tertiary/aromatic N) is 2. The Morgan fingerprint density at radius 1 is 0.830 bits per heavy atom. The van der Waals surface area contributed by atoms with Crippen LogP contribution in [0.25, 0.3) is 10.8 Å². The Labute approximate surface area is 308 Å². The Morgan fingerprint density at radius 3 is 2.19 bits per heavy atom. The maximum Gasteiger partial charge on any atom is 0.323 e. The van der Waals surface area contributed by atoms with Gasteiger partial charge in [0.25, 0.3) is 0 Å². The molecule has 0 aliphatic heterocycles. The second-order valence-electron chi connectivity index (χ2n) is 13.6. The first-order valence-electron chi connectivity index (χ1n) is 16.5. The number of anilines is 5. The molecule has 5 aromatic rings. The fraction of sp³-hybridized carbons (Fsp3) is 0.270. The third-order valence-corrected chi connectivity index (χ3v) is 11.2. The molecule has 1 fully saturated rings. The number of sulfonamides is 1. The molecular formula is C37H40N6O8S2. The second kappa shape index (κ2) is 14.4. The quantitative estimate of drug-likeness (QED) is 0.0991. The highest BCUT2D eigenvalue weighted by Crippen LogP contribution is 2.40. The first kappa shape index (κ1) is 37.2. The number of fused-ring (bicyclic) bond motifs is 1. The molecule has 0 saturated heterocycles. The van der Waals surface area contributed by atoms with Crippen molar-refractivity contribution in [2.75, 3.05) is 41.1 Å². The van der Waals surface area contributed by atoms with Crippen LogP contribution in [0, 0.1) is 0 Å². The Balaban J connectivity index is 1.24. The highest BCUT2D eigenvalue weighted by Gasteiger charge is 2.37. The van der Waals surface area contributed by atoms with E-state index in [1.54, 1.807) is 36.4 Å². The highest BCUT2D eigenvalue weighted by atomic mass is 32.2. The van der Waals surface area contributed by atoms with E-state index in [1.165, 1.54) is 32.5 Å². The lowest BCUT2D eigenvalue weighted by Crippen LogP contribution is -2.22. The summed E-state index contributed by atoms with van der Waals surface area (Å²) in [5.74, 6) is 1.36. The van der Waals surface area contributed by atoms with Gasteiger partial charge in [-0.25, -0.2) is 26.6 Å². The van der Waals surface area contributed by atoms with E-state index in [9.17, 15) is 21.6 Å². The van der Waals surface area contributed by atoms with Crippen molar-refractivity contribution in [1.29, 1.82) is 0 Å². The molecule has 1 saturated carbocycles. The lowest BCUT2D eigenvalue weighted by molar-refractivity contribution is 0.262. The van der Waals surface area contributed by atoms with Crippen LogP contribution in [0.5, 0.6) is 23.1 Å². The predicted octanol–water partition coefficient (Wildman–Crippen LogP) is 7.43. The van der Waals surface area contributed by atoms with Crippen LogP contribution >= 0.6 is 0 Å².